The van der Waals surface area contributed by atoms with Crippen LogP contribution in [0.4, 0.5) is 0 Å². The highest BCUT2D eigenvalue weighted by molar-refractivity contribution is 7.99. The summed E-state index contributed by atoms with van der Waals surface area (Å²) < 4.78 is 5.66. The van der Waals surface area contributed by atoms with Crippen LogP contribution in [0.5, 0.6) is 5.75 Å². The predicted molar refractivity (Wildman–Crippen MR) is 81.5 cm³/mol. The number of phenolic OH excluding ortho intramolecular Hbond substituents is 1. The van der Waals surface area contributed by atoms with Crippen molar-refractivity contribution in [3.8, 4) is 5.75 Å². The zero-order chi connectivity index (χ0) is 13.8. The second-order valence-corrected chi connectivity index (χ2v) is 5.66. The molecule has 0 saturated heterocycles. The lowest BCUT2D eigenvalue weighted by molar-refractivity contribution is 0.325. The van der Waals surface area contributed by atoms with Crippen molar-refractivity contribution in [1.82, 2.24) is 0 Å². The predicted octanol–water partition coefficient (Wildman–Crippen LogP) is 3.33. The van der Waals surface area contributed by atoms with E-state index in [9.17, 15) is 5.11 Å². The summed E-state index contributed by atoms with van der Waals surface area (Å²) in [5, 5.41) is 9.25. The SMILES string of the molecule is Oc1ccc(SCC2COC(c3ccccc3)=N2)cc1. The lowest BCUT2D eigenvalue weighted by Gasteiger charge is -2.04. The number of rotatable bonds is 4. The van der Waals surface area contributed by atoms with Crippen LogP contribution in [0.15, 0.2) is 64.5 Å². The summed E-state index contributed by atoms with van der Waals surface area (Å²) in [6.45, 7) is 0.634. The van der Waals surface area contributed by atoms with E-state index in [0.717, 1.165) is 22.1 Å². The fourth-order valence-corrected chi connectivity index (χ4v) is 2.86. The van der Waals surface area contributed by atoms with Crippen molar-refractivity contribution < 1.29 is 9.84 Å². The third-order valence-corrected chi connectivity index (χ3v) is 4.17. The summed E-state index contributed by atoms with van der Waals surface area (Å²) in [6, 6.07) is 17.4. The van der Waals surface area contributed by atoms with E-state index in [1.807, 2.05) is 42.5 Å². The standard InChI is InChI=1S/C16H15NO2S/c18-14-6-8-15(9-7-14)20-11-13-10-19-16(17-13)12-4-2-1-3-5-12/h1-9,13,18H,10-11H2. The molecule has 0 aromatic heterocycles. The second-order valence-electron chi connectivity index (χ2n) is 4.57. The molecule has 1 N–H and O–H groups in total. The first-order valence-electron chi connectivity index (χ1n) is 6.49. The molecular weight excluding hydrogens is 270 g/mol. The number of nitrogens with zero attached hydrogens (tertiary/aromatic N) is 1. The number of aromatic hydroxyl groups is 1. The van der Waals surface area contributed by atoms with Gasteiger partial charge in [-0.15, -0.1) is 11.8 Å². The Morgan fingerprint density at radius 2 is 1.85 bits per heavy atom. The van der Waals surface area contributed by atoms with Gasteiger partial charge in [0.15, 0.2) is 0 Å². The van der Waals surface area contributed by atoms with E-state index in [0.29, 0.717) is 12.4 Å². The van der Waals surface area contributed by atoms with Crippen LogP contribution < -0.4 is 0 Å². The Labute approximate surface area is 122 Å². The van der Waals surface area contributed by atoms with Crippen molar-refractivity contribution in [3.05, 3.63) is 60.2 Å². The fourth-order valence-electron chi connectivity index (χ4n) is 1.97. The number of aliphatic imine (C=N–C) groups is 1. The van der Waals surface area contributed by atoms with Gasteiger partial charge in [-0.3, -0.25) is 0 Å². The largest absolute Gasteiger partial charge is 0.508 e. The molecule has 2 aromatic carbocycles. The summed E-state index contributed by atoms with van der Waals surface area (Å²) in [6.07, 6.45) is 0. The molecule has 1 unspecified atom stereocenters. The molecule has 20 heavy (non-hydrogen) atoms. The van der Waals surface area contributed by atoms with Crippen molar-refractivity contribution in [2.24, 2.45) is 4.99 Å². The highest BCUT2D eigenvalue weighted by Gasteiger charge is 2.19. The van der Waals surface area contributed by atoms with Gasteiger partial charge in [-0.05, 0) is 36.4 Å². The first-order chi connectivity index (χ1) is 9.81. The van der Waals surface area contributed by atoms with Crippen LogP contribution in [0, 0.1) is 0 Å². The summed E-state index contributed by atoms with van der Waals surface area (Å²) in [4.78, 5) is 5.75. The van der Waals surface area contributed by atoms with Crippen LogP contribution in [0.2, 0.25) is 0 Å². The van der Waals surface area contributed by atoms with Crippen LogP contribution in [0.25, 0.3) is 0 Å². The summed E-state index contributed by atoms with van der Waals surface area (Å²) in [5.41, 5.74) is 1.03. The first-order valence-corrected chi connectivity index (χ1v) is 7.48. The molecule has 0 amide bonds. The number of hydrogen-bond donors (Lipinski definition) is 1. The minimum atomic E-state index is 0.184. The van der Waals surface area contributed by atoms with Crippen LogP contribution in [0.3, 0.4) is 0 Å². The van der Waals surface area contributed by atoms with E-state index >= 15 is 0 Å². The van der Waals surface area contributed by atoms with Crippen LogP contribution in [-0.2, 0) is 4.74 Å². The molecule has 0 saturated carbocycles. The molecule has 0 radical (unpaired) electrons. The fraction of sp³-hybridized carbons (Fsp3) is 0.188. The van der Waals surface area contributed by atoms with E-state index in [-0.39, 0.29) is 6.04 Å². The minimum absolute atomic E-state index is 0.184. The van der Waals surface area contributed by atoms with Gasteiger partial charge >= 0.3 is 0 Å². The molecule has 4 heteroatoms. The molecule has 3 nitrogen and oxygen atoms in total. The maximum absolute atomic E-state index is 9.25. The Kier molecular flexibility index (Phi) is 3.92. The van der Waals surface area contributed by atoms with Gasteiger partial charge in [-0.1, -0.05) is 18.2 Å². The lowest BCUT2D eigenvalue weighted by atomic mass is 10.2. The van der Waals surface area contributed by atoms with Crippen LogP contribution in [-0.4, -0.2) is 29.4 Å². The normalized spacial score (nSPS) is 17.6. The summed E-state index contributed by atoms with van der Waals surface area (Å²) in [5.74, 6) is 1.91. The van der Waals surface area contributed by atoms with Crippen molar-refractivity contribution in [2.75, 3.05) is 12.4 Å². The van der Waals surface area contributed by atoms with Crippen molar-refractivity contribution in [1.29, 1.82) is 0 Å². The van der Waals surface area contributed by atoms with Crippen LogP contribution in [0.1, 0.15) is 5.56 Å². The van der Waals surface area contributed by atoms with Gasteiger partial charge in [0.25, 0.3) is 0 Å². The lowest BCUT2D eigenvalue weighted by Crippen LogP contribution is -2.09. The molecule has 3 rings (SSSR count). The second kappa shape index (κ2) is 6.01. The van der Waals surface area contributed by atoms with Crippen molar-refractivity contribution in [3.63, 3.8) is 0 Å². The van der Waals surface area contributed by atoms with E-state index in [1.165, 1.54) is 0 Å². The molecule has 1 atom stereocenters. The third kappa shape index (κ3) is 3.14. The van der Waals surface area contributed by atoms with E-state index in [4.69, 9.17) is 4.74 Å². The maximum atomic E-state index is 9.25. The summed E-state index contributed by atoms with van der Waals surface area (Å²) >= 11 is 1.73. The number of ether oxygens (including phenoxy) is 1. The average Bonchev–Trinajstić information content (AvgIpc) is 2.97. The molecule has 102 valence electrons. The Morgan fingerprint density at radius 1 is 1.10 bits per heavy atom. The highest BCUT2D eigenvalue weighted by Crippen LogP contribution is 2.24. The van der Waals surface area contributed by atoms with Crippen molar-refractivity contribution in [2.45, 2.75) is 10.9 Å². The molecule has 1 aliphatic heterocycles. The zero-order valence-electron chi connectivity index (χ0n) is 10.9. The highest BCUT2D eigenvalue weighted by atomic mass is 32.2. The maximum Gasteiger partial charge on any atom is 0.216 e. The quantitative estimate of drug-likeness (QED) is 0.876. The molecule has 0 fully saturated rings. The zero-order valence-corrected chi connectivity index (χ0v) is 11.7. The molecule has 2 aromatic rings. The van der Waals surface area contributed by atoms with E-state index in [2.05, 4.69) is 4.99 Å². The van der Waals surface area contributed by atoms with Gasteiger partial charge in [0, 0.05) is 16.2 Å². The van der Waals surface area contributed by atoms with Crippen LogP contribution >= 0.6 is 11.8 Å². The van der Waals surface area contributed by atoms with Gasteiger partial charge in [0.2, 0.25) is 5.90 Å². The molecule has 1 heterocycles. The third-order valence-electron chi connectivity index (χ3n) is 3.01. The molecule has 0 aliphatic carbocycles. The first kappa shape index (κ1) is 13.1. The van der Waals surface area contributed by atoms with Gasteiger partial charge in [-0.2, -0.15) is 0 Å². The van der Waals surface area contributed by atoms with Crippen molar-refractivity contribution >= 4 is 17.7 Å². The molecule has 1 aliphatic rings. The van der Waals surface area contributed by atoms with Gasteiger partial charge < -0.3 is 9.84 Å². The van der Waals surface area contributed by atoms with Gasteiger partial charge in [-0.25, -0.2) is 4.99 Å². The molecular formula is C16H15NO2S. The molecule has 0 spiro atoms. The summed E-state index contributed by atoms with van der Waals surface area (Å²) in [7, 11) is 0. The van der Waals surface area contributed by atoms with E-state index in [1.54, 1.807) is 23.9 Å². The Balaban J connectivity index is 1.60. The van der Waals surface area contributed by atoms with Gasteiger partial charge in [0.05, 0.1) is 6.04 Å². The van der Waals surface area contributed by atoms with E-state index < -0.39 is 0 Å². The van der Waals surface area contributed by atoms with Gasteiger partial charge in [0.1, 0.15) is 12.4 Å². The Bertz CT molecular complexity index is 596. The monoisotopic (exact) mass is 285 g/mol. The average molecular weight is 285 g/mol. The topological polar surface area (TPSA) is 41.8 Å². The minimum Gasteiger partial charge on any atom is -0.508 e. The molecule has 0 bridgehead atoms. The number of hydrogen-bond acceptors (Lipinski definition) is 4. The number of phenols is 1. The number of benzene rings is 2. The Morgan fingerprint density at radius 3 is 2.60 bits per heavy atom. The Hall–Kier alpha value is -1.94. The number of thioether (sulfide) groups is 1. The smallest absolute Gasteiger partial charge is 0.216 e.